The molecule has 6 heteroatoms. The summed E-state index contributed by atoms with van der Waals surface area (Å²) in [5.41, 5.74) is 1.59. The zero-order valence-electron chi connectivity index (χ0n) is 8.85. The van der Waals surface area contributed by atoms with Gasteiger partial charge in [0.25, 0.3) is 0 Å². The molecule has 3 N–H and O–H groups in total. The first-order valence-corrected chi connectivity index (χ1v) is 4.33. The summed E-state index contributed by atoms with van der Waals surface area (Å²) in [7, 11) is 0. The second kappa shape index (κ2) is 5.63. The van der Waals surface area contributed by atoms with E-state index in [-0.39, 0.29) is 0 Å². The summed E-state index contributed by atoms with van der Waals surface area (Å²) in [5, 5.41) is 17.9. The van der Waals surface area contributed by atoms with Gasteiger partial charge in [-0.25, -0.2) is 4.79 Å². The number of rotatable bonds is 5. The Morgan fingerprint density at radius 2 is 2.07 bits per heavy atom. The molecule has 15 heavy (non-hydrogen) atoms. The van der Waals surface area contributed by atoms with Crippen molar-refractivity contribution in [2.75, 3.05) is 0 Å². The molecule has 0 saturated carbocycles. The molecule has 0 aliphatic rings. The van der Waals surface area contributed by atoms with Crippen LogP contribution in [0.5, 0.6) is 0 Å². The molecule has 0 radical (unpaired) electrons. The van der Waals surface area contributed by atoms with Gasteiger partial charge in [0.05, 0.1) is 5.60 Å². The Labute approximate surface area is 87.5 Å². The molecule has 0 amide bonds. The smallest absolute Gasteiger partial charge is 0.326 e. The maximum Gasteiger partial charge on any atom is 0.326 e. The molecule has 0 aliphatic carbocycles. The third-order valence-electron chi connectivity index (χ3n) is 1.34. The molecule has 0 heterocycles. The number of hydrogen-bond acceptors (Lipinski definition) is 5. The van der Waals surface area contributed by atoms with Crippen molar-refractivity contribution in [3.05, 3.63) is 6.08 Å². The van der Waals surface area contributed by atoms with Crippen LogP contribution >= 0.6 is 0 Å². The van der Waals surface area contributed by atoms with Crippen molar-refractivity contribution in [3.63, 3.8) is 0 Å². The Balaban J connectivity index is 4.42. The van der Waals surface area contributed by atoms with Gasteiger partial charge in [0.15, 0.2) is 6.04 Å². The van der Waals surface area contributed by atoms with Crippen LogP contribution < -0.4 is 5.48 Å². The van der Waals surface area contributed by atoms with Crippen molar-refractivity contribution in [3.8, 4) is 0 Å². The van der Waals surface area contributed by atoms with Crippen LogP contribution in [-0.2, 0) is 14.4 Å². The van der Waals surface area contributed by atoms with Gasteiger partial charge in [0.2, 0.25) is 0 Å². The van der Waals surface area contributed by atoms with Gasteiger partial charge in [-0.3, -0.25) is 9.63 Å². The molecule has 0 unspecified atom stereocenters. The number of nitrogens with one attached hydrogen (secondary N) is 1. The largest absolute Gasteiger partial charge is 0.480 e. The number of hydroxylamine groups is 1. The predicted molar refractivity (Wildman–Crippen MR) is 51.7 cm³/mol. The highest BCUT2D eigenvalue weighted by atomic mass is 16.7. The van der Waals surface area contributed by atoms with E-state index in [0.29, 0.717) is 6.08 Å². The maximum atomic E-state index is 10.7. The topological polar surface area (TPSA) is 95.9 Å². The van der Waals surface area contributed by atoms with E-state index in [1.165, 1.54) is 5.94 Å². The van der Waals surface area contributed by atoms with Gasteiger partial charge in [-0.1, -0.05) is 0 Å². The zero-order valence-corrected chi connectivity index (χ0v) is 8.85. The molecule has 0 aromatic carbocycles. The first-order valence-electron chi connectivity index (χ1n) is 4.33. The lowest BCUT2D eigenvalue weighted by molar-refractivity contribution is -0.155. The second-order valence-electron chi connectivity index (χ2n) is 3.92. The summed E-state index contributed by atoms with van der Waals surface area (Å²) in [6.45, 7) is 5.13. The number of carboxylic acid groups (broad SMARTS) is 1. The van der Waals surface area contributed by atoms with Crippen molar-refractivity contribution in [2.45, 2.75) is 38.5 Å². The van der Waals surface area contributed by atoms with E-state index in [1.54, 1.807) is 20.8 Å². The normalized spacial score (nSPS) is 15.2. The van der Waals surface area contributed by atoms with Crippen LogP contribution in [0.4, 0.5) is 0 Å². The standard InChI is InChI=1S/C9H15NO5/c1-9(2,3)15-10-7(8(13)14)6(12)4-5-11/h4,6-7,10,12H,1-3H3,(H,13,14)/t6-,7+/m1/s1. The van der Waals surface area contributed by atoms with Crippen LogP contribution in [0.25, 0.3) is 0 Å². The van der Waals surface area contributed by atoms with Crippen molar-refractivity contribution in [1.82, 2.24) is 5.48 Å². The highest BCUT2D eigenvalue weighted by Gasteiger charge is 2.27. The molecule has 0 saturated heterocycles. The molecule has 6 nitrogen and oxygen atoms in total. The summed E-state index contributed by atoms with van der Waals surface area (Å²) in [6.07, 6.45) is -0.778. The fourth-order valence-corrected chi connectivity index (χ4v) is 0.672. The molecular formula is C9H15NO5. The van der Waals surface area contributed by atoms with Gasteiger partial charge in [-0.2, -0.15) is 5.48 Å². The summed E-state index contributed by atoms with van der Waals surface area (Å²) in [5.74, 6) is -0.00499. The van der Waals surface area contributed by atoms with Crippen LogP contribution in [0.3, 0.4) is 0 Å². The van der Waals surface area contributed by atoms with Crippen molar-refractivity contribution in [2.24, 2.45) is 0 Å². The van der Waals surface area contributed by atoms with E-state index in [0.717, 1.165) is 0 Å². The van der Waals surface area contributed by atoms with E-state index < -0.39 is 23.7 Å². The molecule has 0 fully saturated rings. The SMILES string of the molecule is CC(C)(C)ON[C@H](C(=O)O)[C@H](O)C=C=O. The fourth-order valence-electron chi connectivity index (χ4n) is 0.672. The van der Waals surface area contributed by atoms with Gasteiger partial charge in [-0.05, 0) is 20.8 Å². The summed E-state index contributed by atoms with van der Waals surface area (Å²) >= 11 is 0. The summed E-state index contributed by atoms with van der Waals surface area (Å²) in [4.78, 5) is 25.6. The van der Waals surface area contributed by atoms with Gasteiger partial charge >= 0.3 is 5.97 Å². The molecule has 0 bridgehead atoms. The summed E-state index contributed by atoms with van der Waals surface area (Å²) < 4.78 is 0. The van der Waals surface area contributed by atoms with Gasteiger partial charge in [-0.15, -0.1) is 0 Å². The predicted octanol–water partition coefficient (Wildman–Crippen LogP) is -0.492. The van der Waals surface area contributed by atoms with E-state index in [4.69, 9.17) is 9.94 Å². The average Bonchev–Trinajstić information content (AvgIpc) is 2.01. The van der Waals surface area contributed by atoms with Crippen LogP contribution in [0.1, 0.15) is 20.8 Å². The van der Waals surface area contributed by atoms with Gasteiger partial charge in [0, 0.05) is 6.08 Å². The van der Waals surface area contributed by atoms with E-state index >= 15 is 0 Å². The minimum absolute atomic E-state index is 0.599. The average molecular weight is 217 g/mol. The number of hydrogen-bond donors (Lipinski definition) is 3. The highest BCUT2D eigenvalue weighted by Crippen LogP contribution is 2.06. The van der Waals surface area contributed by atoms with Crippen molar-refractivity contribution >= 4 is 11.9 Å². The van der Waals surface area contributed by atoms with Crippen LogP contribution in [0.2, 0.25) is 0 Å². The minimum atomic E-state index is -1.48. The molecular weight excluding hydrogens is 202 g/mol. The quantitative estimate of drug-likeness (QED) is 0.424. The second-order valence-corrected chi connectivity index (χ2v) is 3.92. The molecule has 0 spiro atoms. The Hall–Kier alpha value is -1.20. The summed E-state index contributed by atoms with van der Waals surface area (Å²) in [6, 6.07) is -1.40. The van der Waals surface area contributed by atoms with Gasteiger partial charge in [0.1, 0.15) is 12.0 Å². The first-order chi connectivity index (χ1) is 6.78. The maximum absolute atomic E-state index is 10.7. The van der Waals surface area contributed by atoms with E-state index in [2.05, 4.69) is 5.48 Å². The van der Waals surface area contributed by atoms with Crippen LogP contribution in [0, 0.1) is 0 Å². The third kappa shape index (κ3) is 5.98. The monoisotopic (exact) mass is 217 g/mol. The Morgan fingerprint density at radius 1 is 1.53 bits per heavy atom. The minimum Gasteiger partial charge on any atom is -0.480 e. The van der Waals surface area contributed by atoms with E-state index in [1.807, 2.05) is 0 Å². The number of carbonyl (C=O) groups excluding carboxylic acids is 1. The van der Waals surface area contributed by atoms with E-state index in [9.17, 15) is 14.7 Å². The number of carbonyl (C=O) groups is 1. The number of carboxylic acids is 1. The number of aliphatic hydroxyl groups is 1. The molecule has 86 valence electrons. The van der Waals surface area contributed by atoms with Crippen LogP contribution in [0.15, 0.2) is 6.08 Å². The molecule has 0 aromatic heterocycles. The molecule has 0 aromatic rings. The fraction of sp³-hybridized carbons (Fsp3) is 0.667. The van der Waals surface area contributed by atoms with Crippen molar-refractivity contribution < 1.29 is 24.6 Å². The van der Waals surface area contributed by atoms with Gasteiger partial charge < -0.3 is 10.2 Å². The highest BCUT2D eigenvalue weighted by molar-refractivity contribution is 5.75. The Bertz CT molecular complexity index is 264. The number of aliphatic carboxylic acids is 1. The van der Waals surface area contributed by atoms with Crippen LogP contribution in [-0.4, -0.2) is 39.9 Å². The Morgan fingerprint density at radius 3 is 2.40 bits per heavy atom. The lowest BCUT2D eigenvalue weighted by Crippen LogP contribution is -2.48. The lowest BCUT2D eigenvalue weighted by atomic mass is 10.1. The zero-order chi connectivity index (χ0) is 12.1. The lowest BCUT2D eigenvalue weighted by Gasteiger charge is -2.24. The number of aliphatic hydroxyl groups excluding tert-OH is 1. The first kappa shape index (κ1) is 13.8. The molecule has 0 rings (SSSR count). The molecule has 0 aliphatic heterocycles. The Kier molecular flexibility index (Phi) is 5.18. The van der Waals surface area contributed by atoms with Crippen molar-refractivity contribution in [1.29, 1.82) is 0 Å². The molecule has 2 atom stereocenters. The third-order valence-corrected chi connectivity index (χ3v) is 1.34.